The van der Waals surface area contributed by atoms with Crippen molar-refractivity contribution in [1.29, 1.82) is 0 Å². The van der Waals surface area contributed by atoms with E-state index in [0.29, 0.717) is 17.3 Å². The van der Waals surface area contributed by atoms with Crippen molar-refractivity contribution in [3.63, 3.8) is 0 Å². The minimum Gasteiger partial charge on any atom is -0.324 e. The van der Waals surface area contributed by atoms with E-state index in [-0.39, 0.29) is 12.5 Å². The Morgan fingerprint density at radius 2 is 1.68 bits per heavy atom. The third kappa shape index (κ3) is 3.93. The van der Waals surface area contributed by atoms with Crippen LogP contribution in [0, 0.1) is 13.8 Å². The summed E-state index contributed by atoms with van der Waals surface area (Å²) >= 11 is 0. The molecule has 2 aromatic rings. The number of rotatable bonds is 5. The van der Waals surface area contributed by atoms with Gasteiger partial charge in [-0.05, 0) is 60.7 Å². The van der Waals surface area contributed by atoms with Crippen LogP contribution in [0.25, 0.3) is 0 Å². The van der Waals surface area contributed by atoms with Gasteiger partial charge in [-0.1, -0.05) is 37.3 Å². The fourth-order valence-corrected chi connectivity index (χ4v) is 4.01. The first-order valence-electron chi connectivity index (χ1n) is 10.3. The molecule has 0 aliphatic carbocycles. The standard InChI is InChI=1S/C23H25N5O3/c1-13(2)16-5-7-18(8-6-16)28-22(30)20-21(23(28)31)27(26-25-20)12-19(29)24-17-10-14(3)9-15(4)11-17/h5-11,13,20-21H,12H2,1-4H3,(H,24,29)/t20-,21-/m1/s1. The number of hydrogen-bond acceptors (Lipinski definition) is 6. The van der Waals surface area contributed by atoms with Crippen LogP contribution in [0.2, 0.25) is 0 Å². The number of anilines is 2. The SMILES string of the molecule is Cc1cc(C)cc(NC(=O)CN2N=N[C@H]3C(=O)N(c4ccc(C(C)C)cc4)C(=O)[C@@H]32)c1. The molecule has 1 fully saturated rings. The lowest BCUT2D eigenvalue weighted by Crippen LogP contribution is -2.43. The van der Waals surface area contributed by atoms with Crippen molar-refractivity contribution in [2.75, 3.05) is 16.8 Å². The molecular formula is C23H25N5O3. The first kappa shape index (κ1) is 20.7. The van der Waals surface area contributed by atoms with Crippen LogP contribution >= 0.6 is 0 Å². The van der Waals surface area contributed by atoms with Crippen molar-refractivity contribution in [2.24, 2.45) is 10.3 Å². The molecule has 4 rings (SSSR count). The average molecular weight is 419 g/mol. The molecule has 0 bridgehead atoms. The van der Waals surface area contributed by atoms with Crippen LogP contribution in [0.1, 0.15) is 36.5 Å². The summed E-state index contributed by atoms with van der Waals surface area (Å²) in [6.07, 6.45) is 0. The average Bonchev–Trinajstić information content (AvgIpc) is 3.21. The second-order valence-electron chi connectivity index (χ2n) is 8.37. The normalized spacial score (nSPS) is 20.0. The van der Waals surface area contributed by atoms with Gasteiger partial charge in [-0.3, -0.25) is 19.4 Å². The van der Waals surface area contributed by atoms with Crippen molar-refractivity contribution in [1.82, 2.24) is 5.01 Å². The Balaban J connectivity index is 1.48. The lowest BCUT2D eigenvalue weighted by molar-refractivity contribution is -0.123. The fraction of sp³-hybridized carbons (Fsp3) is 0.348. The van der Waals surface area contributed by atoms with Crippen LogP contribution in [0.4, 0.5) is 11.4 Å². The van der Waals surface area contributed by atoms with Crippen molar-refractivity contribution < 1.29 is 14.4 Å². The summed E-state index contributed by atoms with van der Waals surface area (Å²) in [4.78, 5) is 39.6. The number of carbonyl (C=O) groups excluding carboxylic acids is 3. The first-order valence-corrected chi connectivity index (χ1v) is 10.3. The predicted octanol–water partition coefficient (Wildman–Crippen LogP) is 3.36. The van der Waals surface area contributed by atoms with Gasteiger partial charge < -0.3 is 5.32 Å². The number of aryl methyl sites for hydroxylation is 2. The van der Waals surface area contributed by atoms with Gasteiger partial charge in [0, 0.05) is 5.69 Å². The van der Waals surface area contributed by atoms with E-state index < -0.39 is 23.9 Å². The molecule has 0 unspecified atom stereocenters. The van der Waals surface area contributed by atoms with E-state index in [2.05, 4.69) is 29.5 Å². The Bertz CT molecular complexity index is 1060. The topological polar surface area (TPSA) is 94.4 Å². The second kappa shape index (κ2) is 7.94. The Labute approximate surface area is 180 Å². The van der Waals surface area contributed by atoms with E-state index in [1.807, 2.05) is 44.2 Å². The molecular weight excluding hydrogens is 394 g/mol. The molecule has 2 aliphatic heterocycles. The van der Waals surface area contributed by atoms with Gasteiger partial charge in [0.05, 0.1) is 5.69 Å². The zero-order chi connectivity index (χ0) is 22.3. The van der Waals surface area contributed by atoms with Crippen LogP contribution < -0.4 is 10.2 Å². The van der Waals surface area contributed by atoms with Gasteiger partial charge in [0.1, 0.15) is 6.54 Å². The predicted molar refractivity (Wildman–Crippen MR) is 117 cm³/mol. The highest BCUT2D eigenvalue weighted by Crippen LogP contribution is 2.32. The Morgan fingerprint density at radius 1 is 1.03 bits per heavy atom. The Morgan fingerprint density at radius 3 is 2.29 bits per heavy atom. The molecule has 0 aromatic heterocycles. The van der Waals surface area contributed by atoms with Gasteiger partial charge in [0.25, 0.3) is 11.8 Å². The molecule has 31 heavy (non-hydrogen) atoms. The molecule has 2 aliphatic rings. The monoisotopic (exact) mass is 419 g/mol. The molecule has 8 nitrogen and oxygen atoms in total. The number of carbonyl (C=O) groups is 3. The minimum atomic E-state index is -0.925. The quantitative estimate of drug-likeness (QED) is 0.752. The summed E-state index contributed by atoms with van der Waals surface area (Å²) in [6, 6.07) is 11.3. The molecule has 0 saturated carbocycles. The third-order valence-corrected chi connectivity index (χ3v) is 5.49. The van der Waals surface area contributed by atoms with Crippen molar-refractivity contribution >= 4 is 29.1 Å². The smallest absolute Gasteiger partial charge is 0.263 e. The third-order valence-electron chi connectivity index (χ3n) is 5.49. The van der Waals surface area contributed by atoms with Crippen LogP contribution in [0.5, 0.6) is 0 Å². The summed E-state index contributed by atoms with van der Waals surface area (Å²) in [7, 11) is 0. The Kier molecular flexibility index (Phi) is 5.31. The molecule has 8 heteroatoms. The number of nitrogens with one attached hydrogen (secondary N) is 1. The van der Waals surface area contributed by atoms with E-state index in [1.165, 1.54) is 5.01 Å². The molecule has 0 radical (unpaired) electrons. The first-order chi connectivity index (χ1) is 14.7. The van der Waals surface area contributed by atoms with E-state index in [9.17, 15) is 14.4 Å². The maximum absolute atomic E-state index is 13.1. The molecule has 2 heterocycles. The van der Waals surface area contributed by atoms with Gasteiger partial charge >= 0.3 is 0 Å². The highest BCUT2D eigenvalue weighted by Gasteiger charge is 2.55. The number of nitrogens with zero attached hydrogens (tertiary/aromatic N) is 4. The van der Waals surface area contributed by atoms with Crippen LogP contribution in [0.15, 0.2) is 52.8 Å². The highest BCUT2D eigenvalue weighted by molar-refractivity contribution is 6.25. The van der Waals surface area contributed by atoms with Crippen molar-refractivity contribution in [3.8, 4) is 0 Å². The molecule has 1 saturated heterocycles. The molecule has 2 atom stereocenters. The van der Waals surface area contributed by atoms with Crippen molar-refractivity contribution in [2.45, 2.75) is 45.7 Å². The largest absolute Gasteiger partial charge is 0.324 e. The number of fused-ring (bicyclic) bond motifs is 1. The highest BCUT2D eigenvalue weighted by atomic mass is 16.2. The summed E-state index contributed by atoms with van der Waals surface area (Å²) in [6.45, 7) is 7.89. The number of benzene rings is 2. The molecule has 0 spiro atoms. The molecule has 160 valence electrons. The molecule has 2 aromatic carbocycles. The lowest BCUT2D eigenvalue weighted by Gasteiger charge is -2.20. The lowest BCUT2D eigenvalue weighted by atomic mass is 10.0. The minimum absolute atomic E-state index is 0.170. The summed E-state index contributed by atoms with van der Waals surface area (Å²) in [5.41, 5.74) is 4.37. The van der Waals surface area contributed by atoms with E-state index in [1.54, 1.807) is 12.1 Å². The second-order valence-corrected chi connectivity index (χ2v) is 8.37. The summed E-state index contributed by atoms with van der Waals surface area (Å²) < 4.78 is 0. The van der Waals surface area contributed by atoms with Gasteiger partial charge in [-0.2, -0.15) is 5.11 Å². The van der Waals surface area contributed by atoms with Crippen LogP contribution in [-0.4, -0.2) is 41.4 Å². The zero-order valence-electron chi connectivity index (χ0n) is 18.0. The summed E-state index contributed by atoms with van der Waals surface area (Å²) in [5.74, 6) is -0.826. The van der Waals surface area contributed by atoms with Gasteiger partial charge in [-0.15, -0.1) is 0 Å². The summed E-state index contributed by atoms with van der Waals surface area (Å²) in [5, 5.41) is 12.0. The van der Waals surface area contributed by atoms with Gasteiger partial charge in [0.2, 0.25) is 5.91 Å². The maximum atomic E-state index is 13.1. The van der Waals surface area contributed by atoms with E-state index >= 15 is 0 Å². The van der Waals surface area contributed by atoms with Gasteiger partial charge in [-0.25, -0.2) is 4.90 Å². The van der Waals surface area contributed by atoms with Crippen LogP contribution in [-0.2, 0) is 14.4 Å². The number of hydrogen-bond donors (Lipinski definition) is 1. The number of imide groups is 1. The van der Waals surface area contributed by atoms with Crippen LogP contribution in [0.3, 0.4) is 0 Å². The van der Waals surface area contributed by atoms with E-state index in [0.717, 1.165) is 21.6 Å². The number of amides is 3. The fourth-order valence-electron chi connectivity index (χ4n) is 4.01. The van der Waals surface area contributed by atoms with E-state index in [4.69, 9.17) is 0 Å². The zero-order valence-corrected chi connectivity index (χ0v) is 18.0. The molecule has 1 N–H and O–H groups in total. The van der Waals surface area contributed by atoms with Gasteiger partial charge in [0.15, 0.2) is 12.1 Å². The Hall–Kier alpha value is -3.55. The maximum Gasteiger partial charge on any atom is 0.263 e. The van der Waals surface area contributed by atoms with Crippen molar-refractivity contribution in [3.05, 3.63) is 59.2 Å². The molecule has 3 amide bonds.